The van der Waals surface area contributed by atoms with Crippen LogP contribution < -0.4 is 5.32 Å². The van der Waals surface area contributed by atoms with E-state index in [0.29, 0.717) is 12.2 Å². The summed E-state index contributed by atoms with van der Waals surface area (Å²) in [6, 6.07) is 3.27. The Morgan fingerprint density at radius 3 is 2.86 bits per heavy atom. The molecule has 7 nitrogen and oxygen atoms in total. The molecule has 0 bridgehead atoms. The minimum Gasteiger partial charge on any atom is -0.478 e. The zero-order valence-corrected chi connectivity index (χ0v) is 11.2. The Morgan fingerprint density at radius 2 is 2.19 bits per heavy atom. The number of H-pyrrole nitrogens is 1. The fourth-order valence-corrected chi connectivity index (χ4v) is 1.70. The third kappa shape index (κ3) is 3.41. The minimum atomic E-state index is -1.41. The number of amides is 1. The summed E-state index contributed by atoms with van der Waals surface area (Å²) in [4.78, 5) is 26.7. The molecule has 1 heterocycles. The molecule has 0 fully saturated rings. The number of hydrogen-bond acceptors (Lipinski definition) is 4. The van der Waals surface area contributed by atoms with E-state index in [1.807, 2.05) is 6.92 Å². The summed E-state index contributed by atoms with van der Waals surface area (Å²) in [6.07, 6.45) is 1.52. The Hall–Kier alpha value is -2.77. The van der Waals surface area contributed by atoms with Crippen molar-refractivity contribution in [1.29, 1.82) is 0 Å². The minimum absolute atomic E-state index is 0.0559. The van der Waals surface area contributed by atoms with Crippen LogP contribution in [0.25, 0.3) is 0 Å². The molecule has 0 aliphatic carbocycles. The normalized spacial score (nSPS) is 10.4. The van der Waals surface area contributed by atoms with Gasteiger partial charge in [0, 0.05) is 12.1 Å². The smallest absolute Gasteiger partial charge is 0.338 e. The predicted molar refractivity (Wildman–Crippen MR) is 71.7 cm³/mol. The highest BCUT2D eigenvalue weighted by Crippen LogP contribution is 2.15. The summed E-state index contributed by atoms with van der Waals surface area (Å²) >= 11 is 0. The monoisotopic (exact) mass is 292 g/mol. The number of carboxylic acids is 1. The van der Waals surface area contributed by atoms with Gasteiger partial charge < -0.3 is 10.4 Å². The standard InChI is InChI=1S/C13H13FN4O3/c1-2-3-10-16-11(18-17-10)12(19)15-7-4-5-9(14)8(6-7)13(20)21/h4-6H,2-3H2,1H3,(H,15,19)(H,20,21)(H,16,17,18). The lowest BCUT2D eigenvalue weighted by molar-refractivity contribution is 0.0691. The molecule has 8 heteroatoms. The first-order valence-electron chi connectivity index (χ1n) is 6.26. The van der Waals surface area contributed by atoms with E-state index in [4.69, 9.17) is 5.11 Å². The highest BCUT2D eigenvalue weighted by molar-refractivity contribution is 6.02. The Bertz CT molecular complexity index is 684. The number of benzene rings is 1. The van der Waals surface area contributed by atoms with Crippen LogP contribution in [-0.2, 0) is 6.42 Å². The molecule has 1 aromatic heterocycles. The molecule has 0 unspecified atom stereocenters. The first-order valence-corrected chi connectivity index (χ1v) is 6.26. The van der Waals surface area contributed by atoms with Gasteiger partial charge in [0.1, 0.15) is 11.6 Å². The van der Waals surface area contributed by atoms with Crippen molar-refractivity contribution in [3.05, 3.63) is 41.2 Å². The number of aromatic nitrogens is 3. The van der Waals surface area contributed by atoms with Crippen LogP contribution in [0.4, 0.5) is 10.1 Å². The van der Waals surface area contributed by atoms with Gasteiger partial charge in [-0.15, -0.1) is 5.10 Å². The topological polar surface area (TPSA) is 108 Å². The number of carbonyl (C=O) groups is 2. The number of halogens is 1. The zero-order valence-electron chi connectivity index (χ0n) is 11.2. The molecule has 1 aromatic carbocycles. The van der Waals surface area contributed by atoms with Crippen molar-refractivity contribution >= 4 is 17.6 Å². The van der Waals surface area contributed by atoms with Crippen LogP contribution in [0.15, 0.2) is 18.2 Å². The molecule has 2 rings (SSSR count). The van der Waals surface area contributed by atoms with Gasteiger partial charge in [0.15, 0.2) is 0 Å². The van der Waals surface area contributed by atoms with Crippen molar-refractivity contribution in [1.82, 2.24) is 15.2 Å². The molecule has 0 radical (unpaired) electrons. The number of rotatable bonds is 5. The van der Waals surface area contributed by atoms with Crippen molar-refractivity contribution in [3.8, 4) is 0 Å². The van der Waals surface area contributed by atoms with Gasteiger partial charge in [-0.05, 0) is 24.6 Å². The molecule has 0 aliphatic heterocycles. The lowest BCUT2D eigenvalue weighted by Gasteiger charge is -2.04. The highest BCUT2D eigenvalue weighted by atomic mass is 19.1. The van der Waals surface area contributed by atoms with Gasteiger partial charge in [0.2, 0.25) is 5.82 Å². The van der Waals surface area contributed by atoms with Gasteiger partial charge in [-0.2, -0.15) is 0 Å². The highest BCUT2D eigenvalue weighted by Gasteiger charge is 2.15. The van der Waals surface area contributed by atoms with Crippen LogP contribution in [0, 0.1) is 5.82 Å². The van der Waals surface area contributed by atoms with Crippen LogP contribution in [0.5, 0.6) is 0 Å². The van der Waals surface area contributed by atoms with E-state index in [1.54, 1.807) is 0 Å². The molecule has 0 atom stereocenters. The van der Waals surface area contributed by atoms with Crippen LogP contribution in [0.1, 0.15) is 40.1 Å². The summed E-state index contributed by atoms with van der Waals surface area (Å²) in [7, 11) is 0. The number of aromatic amines is 1. The van der Waals surface area contributed by atoms with Gasteiger partial charge in [0.05, 0.1) is 5.56 Å². The summed E-state index contributed by atoms with van der Waals surface area (Å²) < 4.78 is 13.2. The molecule has 0 saturated carbocycles. The molecular weight excluding hydrogens is 279 g/mol. The number of nitrogens with one attached hydrogen (secondary N) is 2. The molecular formula is C13H13FN4O3. The molecule has 2 aromatic rings. The van der Waals surface area contributed by atoms with Gasteiger partial charge in [0.25, 0.3) is 5.91 Å². The second kappa shape index (κ2) is 6.12. The lowest BCUT2D eigenvalue weighted by Crippen LogP contribution is -2.14. The lowest BCUT2D eigenvalue weighted by atomic mass is 10.2. The number of anilines is 1. The molecule has 0 spiro atoms. The van der Waals surface area contributed by atoms with Crippen molar-refractivity contribution in [2.45, 2.75) is 19.8 Å². The summed E-state index contributed by atoms with van der Waals surface area (Å²) in [6.45, 7) is 1.97. The molecule has 0 aliphatic rings. The number of carboxylic acid groups (broad SMARTS) is 1. The maximum absolute atomic E-state index is 13.2. The Labute approximate surface area is 119 Å². The zero-order chi connectivity index (χ0) is 15.4. The van der Waals surface area contributed by atoms with Crippen molar-refractivity contribution < 1.29 is 19.1 Å². The summed E-state index contributed by atoms with van der Waals surface area (Å²) in [5.41, 5.74) is -0.366. The largest absolute Gasteiger partial charge is 0.478 e. The van der Waals surface area contributed by atoms with Gasteiger partial charge in [-0.25, -0.2) is 14.2 Å². The molecule has 21 heavy (non-hydrogen) atoms. The number of aromatic carboxylic acids is 1. The van der Waals surface area contributed by atoms with Crippen LogP contribution in [0.2, 0.25) is 0 Å². The third-order valence-electron chi connectivity index (χ3n) is 2.68. The molecule has 110 valence electrons. The number of carbonyl (C=O) groups excluding carboxylic acids is 1. The van der Waals surface area contributed by atoms with E-state index < -0.39 is 23.3 Å². The van der Waals surface area contributed by atoms with Crippen molar-refractivity contribution in [2.24, 2.45) is 0 Å². The van der Waals surface area contributed by atoms with E-state index in [1.165, 1.54) is 6.07 Å². The maximum Gasteiger partial charge on any atom is 0.338 e. The van der Waals surface area contributed by atoms with Crippen molar-refractivity contribution in [2.75, 3.05) is 5.32 Å². The van der Waals surface area contributed by atoms with E-state index in [9.17, 15) is 14.0 Å². The van der Waals surface area contributed by atoms with Crippen molar-refractivity contribution in [3.63, 3.8) is 0 Å². The number of aryl methyl sites for hydroxylation is 1. The van der Waals surface area contributed by atoms with E-state index >= 15 is 0 Å². The number of hydrogen-bond donors (Lipinski definition) is 3. The SMILES string of the molecule is CCCc1nc(C(=O)Nc2ccc(F)c(C(=O)O)c2)n[nH]1. The fourth-order valence-electron chi connectivity index (χ4n) is 1.70. The second-order valence-corrected chi connectivity index (χ2v) is 4.31. The Kier molecular flexibility index (Phi) is 4.27. The van der Waals surface area contributed by atoms with Gasteiger partial charge >= 0.3 is 5.97 Å². The first kappa shape index (κ1) is 14.6. The molecule has 0 saturated heterocycles. The number of nitrogens with zero attached hydrogens (tertiary/aromatic N) is 2. The summed E-state index contributed by atoms with van der Waals surface area (Å²) in [5.74, 6) is -2.35. The van der Waals surface area contributed by atoms with Crippen LogP contribution >= 0.6 is 0 Å². The van der Waals surface area contributed by atoms with E-state index in [0.717, 1.165) is 18.6 Å². The Morgan fingerprint density at radius 1 is 1.43 bits per heavy atom. The third-order valence-corrected chi connectivity index (χ3v) is 2.68. The van der Waals surface area contributed by atoms with E-state index in [2.05, 4.69) is 20.5 Å². The summed E-state index contributed by atoms with van der Waals surface area (Å²) in [5, 5.41) is 17.6. The van der Waals surface area contributed by atoms with Crippen LogP contribution in [0.3, 0.4) is 0 Å². The van der Waals surface area contributed by atoms with Crippen LogP contribution in [-0.4, -0.2) is 32.2 Å². The van der Waals surface area contributed by atoms with E-state index in [-0.39, 0.29) is 11.5 Å². The molecule has 3 N–H and O–H groups in total. The average molecular weight is 292 g/mol. The average Bonchev–Trinajstić information content (AvgIpc) is 2.90. The van der Waals surface area contributed by atoms with Gasteiger partial charge in [-0.3, -0.25) is 9.89 Å². The maximum atomic E-state index is 13.2. The second-order valence-electron chi connectivity index (χ2n) is 4.31. The fraction of sp³-hybridized carbons (Fsp3) is 0.231. The Balaban J connectivity index is 2.15. The first-order chi connectivity index (χ1) is 10.0. The molecule has 1 amide bonds. The van der Waals surface area contributed by atoms with Gasteiger partial charge in [-0.1, -0.05) is 6.92 Å². The predicted octanol–water partition coefficient (Wildman–Crippen LogP) is 1.85. The quantitative estimate of drug-likeness (QED) is 0.779.